The highest BCUT2D eigenvalue weighted by atomic mass is 32.1. The number of nitrogens with zero attached hydrogens (tertiary/aromatic N) is 4. The summed E-state index contributed by atoms with van der Waals surface area (Å²) in [6, 6.07) is 22.6. The average Bonchev–Trinajstić information content (AvgIpc) is 4.22. The third-order valence-corrected chi connectivity index (χ3v) is 15.6. The number of unbranched alkanes of at least 4 members (excludes halogenated alkanes) is 2. The van der Waals surface area contributed by atoms with E-state index in [0.717, 1.165) is 134 Å². The molecule has 3 N–H and O–H groups in total. The van der Waals surface area contributed by atoms with Crippen LogP contribution in [0.25, 0.3) is 21.6 Å². The Kier molecular flexibility index (Phi) is 23.1. The summed E-state index contributed by atoms with van der Waals surface area (Å²) in [5, 5.41) is 13.2. The number of aldehydes is 2. The fourth-order valence-corrected chi connectivity index (χ4v) is 10.5. The van der Waals surface area contributed by atoms with E-state index in [1.165, 1.54) is 10.4 Å². The van der Waals surface area contributed by atoms with E-state index >= 15 is 0 Å². The lowest BCUT2D eigenvalue weighted by atomic mass is 9.95. The van der Waals surface area contributed by atoms with Gasteiger partial charge in [0.15, 0.2) is 5.76 Å². The standard InChI is InChI=1S/C43H58N4O7.C18H23N3OS/c1-8-47(36-16-20-51-21-17-36)40-24-34(23-38(32(40)6)43(50)45-26-35(27-48)30(4)22-31(5)44-7)33-12-14-37(15-13-33)52-18-10-9-11-19-53-42-25-41(54-46-42)39(28-49)29(2)3;1-12(20-18(22)16-5-4-10-21(16)3)14-6-8-15(9-7-14)17-13(2)19-11-23-17/h12-15,22-25,27-29,36,39,44H,8-11,16-21,26H2,1-7H3,(H,45,50);6-9,11-12,16H,4-5,10H2,1-3H3,(H,20,22)/b31-22-,35-30-;. The van der Waals surface area contributed by atoms with Gasteiger partial charge in [0.2, 0.25) is 5.91 Å². The topological polar surface area (TPSA) is 177 Å². The Morgan fingerprint density at radius 2 is 1.61 bits per heavy atom. The van der Waals surface area contributed by atoms with Crippen LogP contribution in [0, 0.1) is 19.8 Å². The van der Waals surface area contributed by atoms with Gasteiger partial charge in [-0.2, -0.15) is 0 Å². The second kappa shape index (κ2) is 29.8. The van der Waals surface area contributed by atoms with E-state index in [4.69, 9.17) is 18.7 Å². The van der Waals surface area contributed by atoms with Gasteiger partial charge in [0.1, 0.15) is 18.3 Å². The Balaban J connectivity index is 0.000000345. The summed E-state index contributed by atoms with van der Waals surface area (Å²) >= 11 is 1.66. The van der Waals surface area contributed by atoms with E-state index in [1.807, 2.05) is 104 Å². The molecule has 0 bridgehead atoms. The fourth-order valence-electron chi connectivity index (χ4n) is 9.73. The number of rotatable bonds is 25. The highest BCUT2D eigenvalue weighted by molar-refractivity contribution is 7.13. The predicted octanol–water partition coefficient (Wildman–Crippen LogP) is 11.0. The van der Waals surface area contributed by atoms with Gasteiger partial charge in [-0.25, -0.2) is 4.98 Å². The van der Waals surface area contributed by atoms with Crippen LogP contribution in [0.3, 0.4) is 0 Å². The van der Waals surface area contributed by atoms with Gasteiger partial charge < -0.3 is 44.4 Å². The van der Waals surface area contributed by atoms with Crippen LogP contribution in [-0.2, 0) is 19.1 Å². The molecular weight excluding hydrogens is 991 g/mol. The second-order valence-electron chi connectivity index (χ2n) is 20.4. The molecule has 77 heavy (non-hydrogen) atoms. The van der Waals surface area contributed by atoms with Gasteiger partial charge in [0.25, 0.3) is 11.8 Å². The maximum absolute atomic E-state index is 13.8. The summed E-state index contributed by atoms with van der Waals surface area (Å²) in [5.41, 5.74) is 11.9. The second-order valence-corrected chi connectivity index (χ2v) is 21.3. The van der Waals surface area contributed by atoms with Crippen molar-refractivity contribution in [3.8, 4) is 33.2 Å². The van der Waals surface area contributed by atoms with Crippen LogP contribution in [0.1, 0.15) is 131 Å². The van der Waals surface area contributed by atoms with Gasteiger partial charge in [-0.1, -0.05) is 50.2 Å². The van der Waals surface area contributed by atoms with Crippen molar-refractivity contribution in [2.75, 3.05) is 65.1 Å². The number of likely N-dealkylation sites (tertiary alicyclic amines) is 1. The number of nitrogens with one attached hydrogen (secondary N) is 3. The lowest BCUT2D eigenvalue weighted by Crippen LogP contribution is -2.42. The lowest BCUT2D eigenvalue weighted by Gasteiger charge is -2.37. The molecule has 0 radical (unpaired) electrons. The quantitative estimate of drug-likeness (QED) is 0.0218. The summed E-state index contributed by atoms with van der Waals surface area (Å²) in [5.74, 6) is 1.40. The van der Waals surface area contributed by atoms with Crippen molar-refractivity contribution in [2.24, 2.45) is 5.92 Å². The van der Waals surface area contributed by atoms with Crippen molar-refractivity contribution in [1.29, 1.82) is 0 Å². The molecule has 3 aromatic carbocycles. The molecule has 2 amide bonds. The number of amides is 2. The molecule has 3 unspecified atom stereocenters. The van der Waals surface area contributed by atoms with Gasteiger partial charge in [0, 0.05) is 68.0 Å². The Labute approximate surface area is 460 Å². The average molecular weight is 1070 g/mol. The molecule has 414 valence electrons. The molecule has 0 saturated carbocycles. The van der Waals surface area contributed by atoms with Gasteiger partial charge in [-0.15, -0.1) is 11.3 Å². The summed E-state index contributed by atoms with van der Waals surface area (Å²) < 4.78 is 22.7. The molecule has 3 atom stereocenters. The van der Waals surface area contributed by atoms with Crippen LogP contribution in [0.4, 0.5) is 5.69 Å². The summed E-state index contributed by atoms with van der Waals surface area (Å²) in [7, 11) is 3.85. The Morgan fingerprint density at radius 3 is 2.22 bits per heavy atom. The number of likely N-dealkylation sites (N-methyl/N-ethyl adjacent to an activating group) is 1. The highest BCUT2D eigenvalue weighted by Gasteiger charge is 2.29. The van der Waals surface area contributed by atoms with Crippen molar-refractivity contribution in [1.82, 2.24) is 31.0 Å². The first-order valence-electron chi connectivity index (χ1n) is 27.2. The zero-order valence-electron chi connectivity index (χ0n) is 46.9. The first-order valence-corrected chi connectivity index (χ1v) is 28.1. The zero-order valence-corrected chi connectivity index (χ0v) is 47.7. The summed E-state index contributed by atoms with van der Waals surface area (Å²) in [6.07, 6.45) is 10.1. The van der Waals surface area contributed by atoms with Crippen LogP contribution in [-0.4, -0.2) is 112 Å². The van der Waals surface area contributed by atoms with Crippen LogP contribution >= 0.6 is 11.3 Å². The minimum absolute atomic E-state index is 0.0214. The number of aromatic nitrogens is 2. The third kappa shape index (κ3) is 16.7. The summed E-state index contributed by atoms with van der Waals surface area (Å²) in [4.78, 5) is 59.6. The largest absolute Gasteiger partial charge is 0.494 e. The minimum atomic E-state index is -0.329. The number of anilines is 1. The van der Waals surface area contributed by atoms with Crippen molar-refractivity contribution < 1.29 is 37.9 Å². The molecule has 2 aromatic heterocycles. The Morgan fingerprint density at radius 1 is 0.909 bits per heavy atom. The van der Waals surface area contributed by atoms with E-state index in [-0.39, 0.29) is 42.3 Å². The van der Waals surface area contributed by atoms with Gasteiger partial charge in [-0.3, -0.25) is 19.3 Å². The van der Waals surface area contributed by atoms with E-state index < -0.39 is 0 Å². The first kappa shape index (κ1) is 59.6. The highest BCUT2D eigenvalue weighted by Crippen LogP contribution is 2.35. The number of hydrogen-bond acceptors (Lipinski definition) is 14. The van der Waals surface area contributed by atoms with Gasteiger partial charge in [0.05, 0.1) is 47.3 Å². The number of benzene rings is 3. The molecule has 16 heteroatoms. The van der Waals surface area contributed by atoms with Gasteiger partial charge in [-0.05, 0) is 175 Å². The number of carbonyl (C=O) groups is 4. The number of aryl methyl sites for hydroxylation is 1. The summed E-state index contributed by atoms with van der Waals surface area (Å²) in [6.45, 7) is 20.4. The monoisotopic (exact) mass is 1070 g/mol. The lowest BCUT2D eigenvalue weighted by molar-refractivity contribution is -0.125. The van der Waals surface area contributed by atoms with Crippen molar-refractivity contribution in [3.05, 3.63) is 123 Å². The normalized spacial score (nSPS) is 16.1. The SMILES string of the molecule is CCN(c1cc(-c2ccc(OCCCCCOc3cc(C(C=O)C(C)C)on3)cc2)cc(C(=O)NC/C(C=O)=C(C)/C=C(/C)NC)c1C)C1CCOCC1.Cc1ncsc1-c1ccc(C(C)NC(=O)C2CCCN2C)cc1. The molecule has 15 nitrogen and oxygen atoms in total. The Bertz CT molecular complexity index is 2760. The first-order chi connectivity index (χ1) is 37.1. The smallest absolute Gasteiger partial charge is 0.254 e. The number of ether oxygens (including phenoxy) is 3. The van der Waals surface area contributed by atoms with Crippen LogP contribution < -0.4 is 30.3 Å². The van der Waals surface area contributed by atoms with Crippen LogP contribution in [0.15, 0.2) is 99.7 Å². The fraction of sp³-hybridized carbons (Fsp3) is 0.475. The number of carbonyl (C=O) groups excluding carboxylic acids is 4. The molecule has 0 spiro atoms. The molecule has 7 rings (SSSR count). The van der Waals surface area contributed by atoms with E-state index in [2.05, 4.69) is 73.1 Å². The molecule has 5 aromatic rings. The molecule has 2 saturated heterocycles. The Hall–Kier alpha value is -6.62. The van der Waals surface area contributed by atoms with E-state index in [1.54, 1.807) is 17.4 Å². The number of allylic oxidation sites excluding steroid dienone is 3. The van der Waals surface area contributed by atoms with E-state index in [0.29, 0.717) is 42.0 Å². The van der Waals surface area contributed by atoms with Crippen molar-refractivity contribution in [3.63, 3.8) is 0 Å². The number of thiazole rings is 1. The maximum Gasteiger partial charge on any atom is 0.254 e. The molecular formula is C61H81N7O8S. The third-order valence-electron chi connectivity index (χ3n) is 14.6. The predicted molar refractivity (Wildman–Crippen MR) is 307 cm³/mol. The molecule has 4 heterocycles. The van der Waals surface area contributed by atoms with Gasteiger partial charge >= 0.3 is 0 Å². The molecule has 2 aliphatic rings. The van der Waals surface area contributed by atoms with Crippen molar-refractivity contribution in [2.45, 2.75) is 124 Å². The maximum atomic E-state index is 13.8. The molecule has 0 aliphatic carbocycles. The van der Waals surface area contributed by atoms with Crippen LogP contribution in [0.5, 0.6) is 11.6 Å². The zero-order chi connectivity index (χ0) is 55.4. The minimum Gasteiger partial charge on any atom is -0.494 e. The van der Waals surface area contributed by atoms with E-state index in [9.17, 15) is 19.2 Å². The van der Waals surface area contributed by atoms with Crippen LogP contribution in [0.2, 0.25) is 0 Å². The molecule has 2 aliphatic heterocycles. The van der Waals surface area contributed by atoms with Crippen molar-refractivity contribution >= 4 is 41.4 Å². The number of hydrogen-bond donors (Lipinski definition) is 3. The molecule has 2 fully saturated rings.